The van der Waals surface area contributed by atoms with Gasteiger partial charge < -0.3 is 14.6 Å². The van der Waals surface area contributed by atoms with Gasteiger partial charge in [0.15, 0.2) is 5.65 Å². The molecule has 0 saturated carbocycles. The molecule has 4 heterocycles. The lowest BCUT2D eigenvalue weighted by Gasteiger charge is -2.08. The number of hydrogen-bond acceptors (Lipinski definition) is 7. The Hall–Kier alpha value is -4.58. The third-order valence-electron chi connectivity index (χ3n) is 5.78. The number of methoxy groups -OCH3 is 1. The molecule has 0 aliphatic carbocycles. The van der Waals surface area contributed by atoms with E-state index in [1.165, 1.54) is 27.4 Å². The smallest absolute Gasteiger partial charge is 0.383 e. The van der Waals surface area contributed by atoms with E-state index in [9.17, 15) is 18.0 Å². The molecule has 0 radical (unpaired) electrons. The lowest BCUT2D eigenvalue weighted by atomic mass is 10.1. The van der Waals surface area contributed by atoms with Gasteiger partial charge in [0.25, 0.3) is 5.56 Å². The van der Waals surface area contributed by atoms with Crippen LogP contribution in [0.4, 0.5) is 19.0 Å². The molecule has 0 bridgehead atoms. The van der Waals surface area contributed by atoms with Gasteiger partial charge in [0, 0.05) is 49.3 Å². The second-order valence-corrected chi connectivity index (χ2v) is 8.34. The monoisotopic (exact) mass is 521 g/mol. The highest BCUT2D eigenvalue weighted by Gasteiger charge is 2.30. The average Bonchev–Trinajstić information content (AvgIpc) is 3.30. The van der Waals surface area contributed by atoms with Crippen molar-refractivity contribution in [2.45, 2.75) is 12.7 Å². The van der Waals surface area contributed by atoms with Crippen LogP contribution < -0.4 is 10.9 Å². The highest BCUT2D eigenvalue weighted by Crippen LogP contribution is 2.31. The number of hydrogen-bond donors (Lipinski definition) is 1. The summed E-state index contributed by atoms with van der Waals surface area (Å²) in [6, 6.07) is 13.1. The van der Waals surface area contributed by atoms with Crippen LogP contribution in [0, 0.1) is 0 Å². The van der Waals surface area contributed by atoms with E-state index in [-0.39, 0.29) is 12.1 Å². The Morgan fingerprint density at radius 2 is 1.84 bits per heavy atom. The van der Waals surface area contributed by atoms with Gasteiger partial charge in [-0.05, 0) is 48.5 Å². The normalized spacial score (nSPS) is 11.7. The fourth-order valence-corrected chi connectivity index (χ4v) is 3.93. The van der Waals surface area contributed by atoms with Crippen molar-refractivity contribution < 1.29 is 17.9 Å². The molecular formula is C26H22F3N7O2. The summed E-state index contributed by atoms with van der Waals surface area (Å²) >= 11 is 0. The highest BCUT2D eigenvalue weighted by molar-refractivity contribution is 5.91. The van der Waals surface area contributed by atoms with Crippen molar-refractivity contribution in [3.63, 3.8) is 0 Å². The molecule has 4 aromatic heterocycles. The van der Waals surface area contributed by atoms with Gasteiger partial charge in [-0.2, -0.15) is 18.3 Å². The van der Waals surface area contributed by atoms with E-state index in [2.05, 4.69) is 25.4 Å². The Bertz CT molecular complexity index is 1630. The Labute approximate surface area is 214 Å². The zero-order valence-electron chi connectivity index (χ0n) is 20.2. The summed E-state index contributed by atoms with van der Waals surface area (Å²) in [6.45, 7) is 1.28. The predicted molar refractivity (Wildman–Crippen MR) is 135 cm³/mol. The number of anilines is 1. The first-order chi connectivity index (χ1) is 18.3. The second-order valence-electron chi connectivity index (χ2n) is 8.34. The number of benzene rings is 1. The van der Waals surface area contributed by atoms with Crippen LogP contribution in [0.2, 0.25) is 0 Å². The largest absolute Gasteiger partial charge is 0.416 e. The van der Waals surface area contributed by atoms with Crippen molar-refractivity contribution in [3.05, 3.63) is 94.9 Å². The van der Waals surface area contributed by atoms with Crippen LogP contribution in [0.15, 0.2) is 78.0 Å². The Balaban J connectivity index is 1.45. The zero-order chi connectivity index (χ0) is 26.7. The summed E-state index contributed by atoms with van der Waals surface area (Å²) in [4.78, 5) is 26.0. The third kappa shape index (κ3) is 5.25. The van der Waals surface area contributed by atoms with Gasteiger partial charge in [-0.25, -0.2) is 19.6 Å². The van der Waals surface area contributed by atoms with E-state index in [0.29, 0.717) is 52.8 Å². The van der Waals surface area contributed by atoms with E-state index in [1.807, 2.05) is 0 Å². The molecule has 12 heteroatoms. The quantitative estimate of drug-likeness (QED) is 0.306. The van der Waals surface area contributed by atoms with Crippen LogP contribution in [0.3, 0.4) is 0 Å². The topological polar surface area (TPSA) is 99.7 Å². The van der Waals surface area contributed by atoms with Crippen molar-refractivity contribution in [2.75, 3.05) is 25.6 Å². The predicted octanol–water partition coefficient (Wildman–Crippen LogP) is 4.16. The lowest BCUT2D eigenvalue weighted by molar-refractivity contribution is -0.137. The summed E-state index contributed by atoms with van der Waals surface area (Å²) in [6.07, 6.45) is 0.380. The van der Waals surface area contributed by atoms with E-state index in [4.69, 9.17) is 4.74 Å². The van der Waals surface area contributed by atoms with Gasteiger partial charge in [-0.1, -0.05) is 0 Å². The Kier molecular flexibility index (Phi) is 6.88. The van der Waals surface area contributed by atoms with Gasteiger partial charge in [0.1, 0.15) is 17.3 Å². The lowest BCUT2D eigenvalue weighted by Crippen LogP contribution is -2.20. The van der Waals surface area contributed by atoms with Gasteiger partial charge in [-0.3, -0.25) is 4.79 Å². The molecule has 194 valence electrons. The molecule has 0 spiro atoms. The maximum atomic E-state index is 13.0. The second kappa shape index (κ2) is 10.4. The SMILES string of the molecule is COCCNc1ccnc(Cn2ccc(-c3nn(-c4ccc(C(F)(F)F)cc4)c4ncccc34)cc2=O)n1. The van der Waals surface area contributed by atoms with Crippen LogP contribution >= 0.6 is 0 Å². The van der Waals surface area contributed by atoms with Crippen LogP contribution in [-0.4, -0.2) is 49.6 Å². The first-order valence-electron chi connectivity index (χ1n) is 11.6. The summed E-state index contributed by atoms with van der Waals surface area (Å²) in [5.74, 6) is 1.09. The third-order valence-corrected chi connectivity index (χ3v) is 5.78. The van der Waals surface area contributed by atoms with Gasteiger partial charge in [0.2, 0.25) is 0 Å². The minimum absolute atomic E-state index is 0.168. The van der Waals surface area contributed by atoms with E-state index < -0.39 is 11.7 Å². The number of halogens is 3. The van der Waals surface area contributed by atoms with Crippen LogP contribution in [0.1, 0.15) is 11.4 Å². The number of rotatable bonds is 8. The summed E-state index contributed by atoms with van der Waals surface area (Å²) < 4.78 is 47.0. The molecule has 1 aromatic carbocycles. The van der Waals surface area contributed by atoms with Crippen molar-refractivity contribution in [3.8, 4) is 16.9 Å². The zero-order valence-corrected chi connectivity index (χ0v) is 20.2. The molecule has 0 aliphatic heterocycles. The Morgan fingerprint density at radius 3 is 2.58 bits per heavy atom. The molecular weight excluding hydrogens is 499 g/mol. The fraction of sp³-hybridized carbons (Fsp3) is 0.192. The number of aromatic nitrogens is 6. The Morgan fingerprint density at radius 1 is 1.03 bits per heavy atom. The molecule has 1 N–H and O–H groups in total. The molecule has 0 amide bonds. The van der Waals surface area contributed by atoms with Crippen molar-refractivity contribution in [2.24, 2.45) is 0 Å². The summed E-state index contributed by atoms with van der Waals surface area (Å²) in [5, 5.41) is 8.38. The van der Waals surface area contributed by atoms with Crippen molar-refractivity contribution >= 4 is 16.9 Å². The average molecular weight is 522 g/mol. The highest BCUT2D eigenvalue weighted by atomic mass is 19.4. The summed E-state index contributed by atoms with van der Waals surface area (Å²) in [5.41, 5.74) is 0.860. The van der Waals surface area contributed by atoms with E-state index in [1.54, 1.807) is 50.0 Å². The van der Waals surface area contributed by atoms with Crippen LogP contribution in [0.5, 0.6) is 0 Å². The number of nitrogens with zero attached hydrogens (tertiary/aromatic N) is 6. The molecule has 0 unspecified atom stereocenters. The first kappa shape index (κ1) is 25.1. The maximum Gasteiger partial charge on any atom is 0.416 e. The molecule has 5 rings (SSSR count). The molecule has 0 saturated heterocycles. The number of pyridine rings is 2. The number of alkyl halides is 3. The first-order valence-corrected chi connectivity index (χ1v) is 11.6. The standard InChI is InChI=1S/C26H22F3N7O2/c1-38-14-12-31-21-8-11-30-22(33-21)16-35-13-9-17(15-23(35)37)24-20-3-2-10-32-25(20)36(34-24)19-6-4-18(5-7-19)26(27,28)29/h2-11,13,15H,12,14,16H2,1H3,(H,30,31,33). The van der Waals surface area contributed by atoms with Crippen molar-refractivity contribution in [1.82, 2.24) is 29.3 Å². The number of nitrogens with one attached hydrogen (secondary N) is 1. The molecule has 9 nitrogen and oxygen atoms in total. The van der Waals surface area contributed by atoms with Gasteiger partial charge in [0.05, 0.1) is 24.4 Å². The molecule has 0 atom stereocenters. The van der Waals surface area contributed by atoms with E-state index in [0.717, 1.165) is 12.1 Å². The van der Waals surface area contributed by atoms with Gasteiger partial charge in [-0.15, -0.1) is 0 Å². The summed E-state index contributed by atoms with van der Waals surface area (Å²) in [7, 11) is 1.61. The molecule has 0 aliphatic rings. The maximum absolute atomic E-state index is 13.0. The number of fused-ring (bicyclic) bond motifs is 1. The van der Waals surface area contributed by atoms with E-state index >= 15 is 0 Å². The molecule has 38 heavy (non-hydrogen) atoms. The molecule has 0 fully saturated rings. The number of ether oxygens (including phenoxy) is 1. The minimum atomic E-state index is -4.44. The fourth-order valence-electron chi connectivity index (χ4n) is 3.93. The van der Waals surface area contributed by atoms with Crippen molar-refractivity contribution in [1.29, 1.82) is 0 Å². The molecule has 5 aromatic rings. The van der Waals surface area contributed by atoms with Crippen LogP contribution in [-0.2, 0) is 17.5 Å². The van der Waals surface area contributed by atoms with Gasteiger partial charge >= 0.3 is 6.18 Å². The minimum Gasteiger partial charge on any atom is -0.383 e. The van der Waals surface area contributed by atoms with Crippen LogP contribution in [0.25, 0.3) is 28.0 Å².